The Labute approximate surface area is 110 Å². The Morgan fingerprint density at radius 2 is 1.76 bits per heavy atom. The predicted octanol–water partition coefficient (Wildman–Crippen LogP) is 4.00. The van der Waals surface area contributed by atoms with E-state index in [4.69, 9.17) is 0 Å². The molecule has 96 valence electrons. The van der Waals surface area contributed by atoms with Gasteiger partial charge in [0.1, 0.15) is 0 Å². The van der Waals surface area contributed by atoms with Crippen LogP contribution in [0.1, 0.15) is 44.9 Å². The van der Waals surface area contributed by atoms with Gasteiger partial charge in [-0.2, -0.15) is 11.8 Å². The first-order valence-corrected chi connectivity index (χ1v) is 7.71. The number of nitrogens with one attached hydrogen (secondary N) is 1. The lowest BCUT2D eigenvalue weighted by Crippen LogP contribution is -2.23. The highest BCUT2D eigenvalue weighted by atomic mass is 32.2. The summed E-state index contributed by atoms with van der Waals surface area (Å²) in [4.78, 5) is 0. The van der Waals surface area contributed by atoms with Crippen LogP contribution in [0.4, 0.5) is 0 Å². The summed E-state index contributed by atoms with van der Waals surface area (Å²) in [5, 5.41) is 3.54. The van der Waals surface area contributed by atoms with E-state index in [1.807, 2.05) is 11.8 Å². The van der Waals surface area contributed by atoms with Gasteiger partial charge in [-0.25, -0.2) is 0 Å². The standard InChI is InChI=1S/C15H25NS/c1-6-16-14(11-17-5)12-7-9-13(10-8-12)15(2,3)4/h7-10,14,16H,6,11H2,1-5H3. The Hall–Kier alpha value is -0.470. The Balaban J connectivity index is 2.84. The van der Waals surface area contributed by atoms with E-state index in [0.717, 1.165) is 12.3 Å². The molecule has 0 aliphatic rings. The second-order valence-electron chi connectivity index (χ2n) is 5.44. The minimum Gasteiger partial charge on any atom is -0.310 e. The normalized spacial score (nSPS) is 13.7. The number of benzene rings is 1. The van der Waals surface area contributed by atoms with Gasteiger partial charge in [-0.1, -0.05) is 52.0 Å². The van der Waals surface area contributed by atoms with Crippen molar-refractivity contribution in [2.75, 3.05) is 18.6 Å². The maximum Gasteiger partial charge on any atom is 0.0411 e. The molecule has 1 atom stereocenters. The van der Waals surface area contributed by atoms with E-state index in [9.17, 15) is 0 Å². The number of hydrogen-bond donors (Lipinski definition) is 1. The van der Waals surface area contributed by atoms with Crippen molar-refractivity contribution < 1.29 is 0 Å². The van der Waals surface area contributed by atoms with Crippen molar-refractivity contribution in [2.45, 2.75) is 39.2 Å². The highest BCUT2D eigenvalue weighted by molar-refractivity contribution is 7.98. The molecule has 0 saturated heterocycles. The van der Waals surface area contributed by atoms with Crippen LogP contribution in [0.3, 0.4) is 0 Å². The van der Waals surface area contributed by atoms with Gasteiger partial charge in [0.2, 0.25) is 0 Å². The molecule has 0 fully saturated rings. The maximum absolute atomic E-state index is 3.54. The lowest BCUT2D eigenvalue weighted by Gasteiger charge is -2.21. The van der Waals surface area contributed by atoms with E-state index in [2.05, 4.69) is 63.5 Å². The van der Waals surface area contributed by atoms with Gasteiger partial charge in [-0.05, 0) is 29.3 Å². The van der Waals surface area contributed by atoms with Gasteiger partial charge in [-0.3, -0.25) is 0 Å². The Morgan fingerprint density at radius 3 is 2.18 bits per heavy atom. The van der Waals surface area contributed by atoms with Crippen molar-refractivity contribution >= 4 is 11.8 Å². The van der Waals surface area contributed by atoms with E-state index in [1.54, 1.807) is 0 Å². The molecule has 0 aliphatic carbocycles. The fourth-order valence-corrected chi connectivity index (χ4v) is 2.55. The molecular formula is C15H25NS. The molecule has 0 bridgehead atoms. The van der Waals surface area contributed by atoms with E-state index in [0.29, 0.717) is 6.04 Å². The van der Waals surface area contributed by atoms with Crippen molar-refractivity contribution in [2.24, 2.45) is 0 Å². The average Bonchev–Trinajstić information content (AvgIpc) is 2.28. The van der Waals surface area contributed by atoms with Crippen LogP contribution in [0.5, 0.6) is 0 Å². The van der Waals surface area contributed by atoms with Crippen molar-refractivity contribution in [3.05, 3.63) is 35.4 Å². The van der Waals surface area contributed by atoms with Crippen LogP contribution in [-0.2, 0) is 5.41 Å². The van der Waals surface area contributed by atoms with Crippen LogP contribution in [-0.4, -0.2) is 18.6 Å². The van der Waals surface area contributed by atoms with Crippen LogP contribution in [0.15, 0.2) is 24.3 Å². The average molecular weight is 251 g/mol. The molecule has 1 N–H and O–H groups in total. The second-order valence-corrected chi connectivity index (χ2v) is 6.35. The van der Waals surface area contributed by atoms with Gasteiger partial charge in [0.05, 0.1) is 0 Å². The molecule has 1 aromatic carbocycles. The zero-order valence-electron chi connectivity index (χ0n) is 11.7. The summed E-state index contributed by atoms with van der Waals surface area (Å²) in [5.74, 6) is 1.13. The molecule has 1 aromatic rings. The lowest BCUT2D eigenvalue weighted by atomic mass is 9.86. The minimum atomic E-state index is 0.242. The molecule has 0 saturated carbocycles. The summed E-state index contributed by atoms with van der Waals surface area (Å²) in [5.41, 5.74) is 3.04. The third-order valence-electron chi connectivity index (χ3n) is 2.96. The Morgan fingerprint density at radius 1 is 1.18 bits per heavy atom. The van der Waals surface area contributed by atoms with E-state index < -0.39 is 0 Å². The van der Waals surface area contributed by atoms with Gasteiger partial charge in [0, 0.05) is 11.8 Å². The fourth-order valence-electron chi connectivity index (χ4n) is 1.90. The van der Waals surface area contributed by atoms with Gasteiger partial charge in [0.15, 0.2) is 0 Å². The summed E-state index contributed by atoms with van der Waals surface area (Å²) in [7, 11) is 0. The van der Waals surface area contributed by atoms with E-state index >= 15 is 0 Å². The summed E-state index contributed by atoms with van der Waals surface area (Å²) in [6.07, 6.45) is 2.16. The first-order chi connectivity index (χ1) is 7.99. The predicted molar refractivity (Wildman–Crippen MR) is 79.9 cm³/mol. The summed E-state index contributed by atoms with van der Waals surface area (Å²) in [6.45, 7) is 9.95. The maximum atomic E-state index is 3.54. The molecule has 0 spiro atoms. The van der Waals surface area contributed by atoms with Crippen LogP contribution in [0.25, 0.3) is 0 Å². The zero-order valence-corrected chi connectivity index (χ0v) is 12.5. The first-order valence-electron chi connectivity index (χ1n) is 6.31. The van der Waals surface area contributed by atoms with Crippen molar-refractivity contribution in [1.29, 1.82) is 0 Å². The fraction of sp³-hybridized carbons (Fsp3) is 0.600. The number of rotatable bonds is 5. The quantitative estimate of drug-likeness (QED) is 0.849. The van der Waals surface area contributed by atoms with Gasteiger partial charge in [-0.15, -0.1) is 0 Å². The molecule has 1 nitrogen and oxygen atoms in total. The summed E-state index contributed by atoms with van der Waals surface area (Å²) in [6, 6.07) is 9.54. The van der Waals surface area contributed by atoms with E-state index in [1.165, 1.54) is 11.1 Å². The Bertz CT molecular complexity index is 318. The largest absolute Gasteiger partial charge is 0.310 e. The van der Waals surface area contributed by atoms with Crippen LogP contribution in [0, 0.1) is 0 Å². The van der Waals surface area contributed by atoms with Gasteiger partial charge >= 0.3 is 0 Å². The number of hydrogen-bond acceptors (Lipinski definition) is 2. The third kappa shape index (κ3) is 4.36. The Kier molecular flexibility index (Phi) is 5.54. The molecule has 0 aliphatic heterocycles. The highest BCUT2D eigenvalue weighted by Gasteiger charge is 2.14. The highest BCUT2D eigenvalue weighted by Crippen LogP contribution is 2.24. The van der Waals surface area contributed by atoms with Crippen LogP contribution >= 0.6 is 11.8 Å². The third-order valence-corrected chi connectivity index (χ3v) is 3.63. The summed E-state index contributed by atoms with van der Waals surface area (Å²) >= 11 is 1.89. The van der Waals surface area contributed by atoms with Crippen LogP contribution < -0.4 is 5.32 Å². The molecule has 2 heteroatoms. The monoisotopic (exact) mass is 251 g/mol. The molecule has 0 radical (unpaired) electrons. The SMILES string of the molecule is CCNC(CSC)c1ccc(C(C)(C)C)cc1. The van der Waals surface area contributed by atoms with Crippen molar-refractivity contribution in [1.82, 2.24) is 5.32 Å². The van der Waals surface area contributed by atoms with Gasteiger partial charge in [0.25, 0.3) is 0 Å². The molecule has 0 aromatic heterocycles. The topological polar surface area (TPSA) is 12.0 Å². The van der Waals surface area contributed by atoms with E-state index in [-0.39, 0.29) is 5.41 Å². The molecular weight excluding hydrogens is 226 g/mol. The van der Waals surface area contributed by atoms with Crippen molar-refractivity contribution in [3.8, 4) is 0 Å². The molecule has 1 rings (SSSR count). The lowest BCUT2D eigenvalue weighted by molar-refractivity contribution is 0.585. The van der Waals surface area contributed by atoms with Crippen LogP contribution in [0.2, 0.25) is 0 Å². The second kappa shape index (κ2) is 6.46. The molecule has 0 heterocycles. The molecule has 0 amide bonds. The van der Waals surface area contributed by atoms with Crippen molar-refractivity contribution in [3.63, 3.8) is 0 Å². The summed E-state index contributed by atoms with van der Waals surface area (Å²) < 4.78 is 0. The zero-order chi connectivity index (χ0) is 12.9. The minimum absolute atomic E-state index is 0.242. The first kappa shape index (κ1) is 14.6. The molecule has 17 heavy (non-hydrogen) atoms. The van der Waals surface area contributed by atoms with Gasteiger partial charge < -0.3 is 5.32 Å². The number of thioether (sulfide) groups is 1. The molecule has 1 unspecified atom stereocenters. The smallest absolute Gasteiger partial charge is 0.0411 e.